The molecule has 0 saturated heterocycles. The van der Waals surface area contributed by atoms with Crippen molar-refractivity contribution in [1.29, 1.82) is 0 Å². The van der Waals surface area contributed by atoms with Gasteiger partial charge < -0.3 is 13.7 Å². The number of nitrogens with zero attached hydrogens (tertiary/aromatic N) is 3. The molecule has 0 N–H and O–H groups in total. The lowest BCUT2D eigenvalue weighted by Gasteiger charge is -2.12. The van der Waals surface area contributed by atoms with E-state index in [4.69, 9.17) is 26.0 Å². The molecule has 0 unspecified atom stereocenters. The Morgan fingerprint density at radius 2 is 0.608 bits per heavy atom. The first-order valence-electron chi connectivity index (χ1n) is 30.5. The Hall–Kier alpha value is -6.84. The van der Waals surface area contributed by atoms with E-state index in [1.165, 1.54) is 0 Å². The molecule has 11 aromatic rings. The summed E-state index contributed by atoms with van der Waals surface area (Å²) in [5.74, 6) is 0. The summed E-state index contributed by atoms with van der Waals surface area (Å²) in [4.78, 5) is 0. The van der Waals surface area contributed by atoms with Crippen LogP contribution in [0.15, 0.2) is 187 Å². The maximum Gasteiger partial charge on any atom is 0.0652 e. The highest BCUT2D eigenvalue weighted by Gasteiger charge is 2.18. The molecule has 0 aliphatic heterocycles. The topological polar surface area (TPSA) is 14.8 Å². The zero-order valence-electron chi connectivity index (χ0n) is 56.3. The van der Waals surface area contributed by atoms with Gasteiger partial charge in [0.1, 0.15) is 0 Å². The van der Waals surface area contributed by atoms with Crippen LogP contribution in [0.4, 0.5) is 0 Å². The van der Waals surface area contributed by atoms with Gasteiger partial charge in [-0.3, -0.25) is 0 Å². The van der Waals surface area contributed by atoms with Crippen LogP contribution >= 0.6 is 0 Å². The van der Waals surface area contributed by atoms with E-state index in [0.717, 1.165) is 4.57 Å². The van der Waals surface area contributed by atoms with Crippen molar-refractivity contribution in [3.63, 3.8) is 0 Å². The van der Waals surface area contributed by atoms with Gasteiger partial charge in [0, 0.05) is 49.4 Å². The molecule has 0 radical (unpaired) electrons. The largest absolute Gasteiger partial charge is 0.309 e. The Balaban J connectivity index is 1.37. The lowest BCUT2D eigenvalue weighted by Crippen LogP contribution is -1.97. The molecule has 11 rings (SSSR count). The van der Waals surface area contributed by atoms with Gasteiger partial charge in [-0.05, 0) is 83.6 Å². The second-order valence-corrected chi connectivity index (χ2v) is 11.0. The molecule has 3 nitrogen and oxygen atoms in total. The molecule has 51 heavy (non-hydrogen) atoms. The minimum Gasteiger partial charge on any atom is -0.309 e. The van der Waals surface area contributed by atoms with E-state index in [1.54, 1.807) is 0 Å². The van der Waals surface area contributed by atoms with Crippen molar-refractivity contribution >= 4 is 65.4 Å². The Bertz CT molecular complexity index is 4830. The van der Waals surface area contributed by atoms with Gasteiger partial charge in [-0.1, -0.05) is 115 Å². The summed E-state index contributed by atoms with van der Waals surface area (Å²) in [7, 11) is 0. The van der Waals surface area contributed by atoms with Crippen molar-refractivity contribution in [2.45, 2.75) is 0 Å². The van der Waals surface area contributed by atoms with Crippen LogP contribution in [0.2, 0.25) is 0 Å². The predicted octanol–water partition coefficient (Wildman–Crippen LogP) is 12.6. The average molecular weight is 681 g/mol. The second-order valence-electron chi connectivity index (χ2n) is 11.0. The van der Waals surface area contributed by atoms with Crippen LogP contribution in [0.5, 0.6) is 0 Å². The van der Waals surface area contributed by atoms with Crippen LogP contribution in [-0.4, -0.2) is 13.7 Å². The van der Waals surface area contributed by atoms with E-state index in [1.807, 2.05) is 0 Å². The van der Waals surface area contributed by atoms with Crippen molar-refractivity contribution in [2.75, 3.05) is 0 Å². The normalized spacial score (nSPS) is 20.4. The molecule has 3 aromatic heterocycles. The minimum absolute atomic E-state index is 0.483. The van der Waals surface area contributed by atoms with Crippen molar-refractivity contribution in [1.82, 2.24) is 13.7 Å². The summed E-state index contributed by atoms with van der Waals surface area (Å²) >= 11 is 0. The van der Waals surface area contributed by atoms with E-state index >= 15 is 0 Å². The molecule has 0 bridgehead atoms. The Morgan fingerprint density at radius 1 is 0.255 bits per heavy atom. The van der Waals surface area contributed by atoms with Crippen molar-refractivity contribution < 1.29 is 42.5 Å². The summed E-state index contributed by atoms with van der Waals surface area (Å²) < 4.78 is 282. The van der Waals surface area contributed by atoms with Crippen molar-refractivity contribution in [3.05, 3.63) is 187 Å². The molecule has 0 spiro atoms. The van der Waals surface area contributed by atoms with E-state index in [2.05, 4.69) is 0 Å². The summed E-state index contributed by atoms with van der Waals surface area (Å²) in [5, 5.41) is -3.64. The molecule has 0 saturated carbocycles. The summed E-state index contributed by atoms with van der Waals surface area (Å²) in [5.41, 5.74) is -8.32. The molecule has 0 amide bonds. The van der Waals surface area contributed by atoms with Gasteiger partial charge in [0.2, 0.25) is 0 Å². The van der Waals surface area contributed by atoms with E-state index < -0.39 is 281 Å². The molecule has 0 fully saturated rings. The summed E-state index contributed by atoms with van der Waals surface area (Å²) in [6, 6.07) is -29.4. The summed E-state index contributed by atoms with van der Waals surface area (Å²) in [6.07, 6.45) is 0. The third-order valence-corrected chi connectivity index (χ3v) is 8.35. The van der Waals surface area contributed by atoms with Gasteiger partial charge in [0.05, 0.1) is 75.6 Å². The highest BCUT2D eigenvalue weighted by molar-refractivity contribution is 6.14. The molecule has 3 heteroatoms. The maximum atomic E-state index is 10.1. The lowest BCUT2D eigenvalue weighted by molar-refractivity contribution is 1.16. The molecular weight excluding hydrogens is 619 g/mol. The molecule has 0 aliphatic carbocycles. The maximum absolute atomic E-state index is 10.1. The predicted molar refractivity (Wildman–Crippen MR) is 215 cm³/mol. The van der Waals surface area contributed by atoms with Gasteiger partial charge in [-0.15, -0.1) is 0 Å². The highest BCUT2D eigenvalue weighted by Crippen LogP contribution is 2.39. The molecule has 0 atom stereocenters. The highest BCUT2D eigenvalue weighted by atomic mass is 15.0. The van der Waals surface area contributed by atoms with Gasteiger partial charge in [0.15, 0.2) is 0 Å². The monoisotopic (exact) mass is 680 g/mol. The van der Waals surface area contributed by atoms with Gasteiger partial charge >= 0.3 is 0 Å². The fourth-order valence-corrected chi connectivity index (χ4v) is 6.27. The number of hydrogen-bond acceptors (Lipinski definition) is 0. The first-order chi connectivity index (χ1) is 38.2. The third-order valence-electron chi connectivity index (χ3n) is 8.35. The van der Waals surface area contributed by atoms with Crippen LogP contribution in [0.25, 0.3) is 93.6 Å². The second kappa shape index (κ2) is 10.8. The Morgan fingerprint density at radius 3 is 1.08 bits per heavy atom. The zero-order chi connectivity index (χ0) is 60.4. The average Bonchev–Trinajstić information content (AvgIpc) is 2.29. The molecule has 0 aliphatic rings. The zero-order valence-corrected chi connectivity index (χ0v) is 25.3. The minimum atomic E-state index is -1.12. The molecule has 238 valence electrons. The number of para-hydroxylation sites is 4. The van der Waals surface area contributed by atoms with Crippen molar-refractivity contribution in [3.8, 4) is 28.2 Å². The number of aromatic nitrogens is 3. The van der Waals surface area contributed by atoms with E-state index in [-0.39, 0.29) is 0 Å². The van der Waals surface area contributed by atoms with Crippen molar-refractivity contribution in [2.24, 2.45) is 0 Å². The van der Waals surface area contributed by atoms with E-state index in [9.17, 15) is 16.4 Å². The van der Waals surface area contributed by atoms with E-state index in [0.29, 0.717) is 9.13 Å². The van der Waals surface area contributed by atoms with Gasteiger partial charge in [0.25, 0.3) is 0 Å². The van der Waals surface area contributed by atoms with Crippen LogP contribution < -0.4 is 0 Å². The standard InChI is InChI=1S/C48H31N3/c1-2-13-32(14-3-1)33-15-12-16-34(29-33)49-45-23-10-6-19-39(45)41-31-36(26-27-47(41)49)51-46-24-11-7-20-40(46)42-30-35(25-28-48(42)51)50-43-21-8-4-17-37(43)38-18-5-9-22-44(38)50/h1-31H/i1D,2D,3D,4D,5D,6D,7D,8D,9D,10D,11D,12D,13D,14D,15D,16D,17D,18D,19D,20D,21D,22D,23D,24D,25D,26D,27D,28D,29D,30D,31D. The fraction of sp³-hybridized carbons (Fsp3) is 0. The molecular formula is C48H31N3. The van der Waals surface area contributed by atoms with Crippen LogP contribution in [0.1, 0.15) is 42.5 Å². The Kier molecular flexibility index (Phi) is 2.41. The quantitative estimate of drug-likeness (QED) is 0.176. The number of rotatable bonds is 4. The van der Waals surface area contributed by atoms with Crippen LogP contribution in [0.3, 0.4) is 0 Å². The van der Waals surface area contributed by atoms with Crippen LogP contribution in [-0.2, 0) is 0 Å². The SMILES string of the molecule is [2H]c1c([2H])c([2H])c(-c2c([2H])c([2H])c([2H])c(-n3c4c([2H])c([2H])c([2H])c([2H])c4c4c([2H])c(-n5c6c([2H])c([2H])c([2H])c([2H])c6c6c([2H])c(-n7c8c([2H])c([2H])c([2H])c([2H])c8c8c([2H])c([2H])c([2H])c([2H])c87)c([2H])c([2H])c65)c([2H])c([2H])c43)c2[2H])c([2H])c1[2H]. The fourth-order valence-electron chi connectivity index (χ4n) is 6.27. The first kappa shape index (κ1) is 11.3. The first-order valence-corrected chi connectivity index (χ1v) is 15.0. The van der Waals surface area contributed by atoms with Gasteiger partial charge in [-0.25, -0.2) is 0 Å². The van der Waals surface area contributed by atoms with Crippen LogP contribution in [0, 0.1) is 0 Å². The number of benzene rings is 8. The van der Waals surface area contributed by atoms with Gasteiger partial charge in [-0.2, -0.15) is 0 Å². The molecule has 3 heterocycles. The number of hydrogen-bond donors (Lipinski definition) is 0. The third kappa shape index (κ3) is 4.12. The summed E-state index contributed by atoms with van der Waals surface area (Å²) in [6.45, 7) is 0. The molecule has 8 aromatic carbocycles. The Labute approximate surface area is 338 Å². The lowest BCUT2D eigenvalue weighted by atomic mass is 10.1. The smallest absolute Gasteiger partial charge is 0.0652 e. The number of fused-ring (bicyclic) bond motifs is 9.